The lowest BCUT2D eigenvalue weighted by molar-refractivity contribution is 0.0338. The Morgan fingerprint density at radius 1 is 1.15 bits per heavy atom. The quantitative estimate of drug-likeness (QED) is 0.742. The summed E-state index contributed by atoms with van der Waals surface area (Å²) in [6, 6.07) is 9.49. The van der Waals surface area contributed by atoms with Crippen molar-refractivity contribution < 1.29 is 9.47 Å². The molecule has 4 nitrogen and oxygen atoms in total. The van der Waals surface area contributed by atoms with E-state index in [-0.39, 0.29) is 12.4 Å². The van der Waals surface area contributed by atoms with Gasteiger partial charge < -0.3 is 9.47 Å². The first kappa shape index (κ1) is 20.6. The van der Waals surface area contributed by atoms with Crippen LogP contribution in [0.1, 0.15) is 34.5 Å². The van der Waals surface area contributed by atoms with E-state index < -0.39 is 0 Å². The van der Waals surface area contributed by atoms with Crippen LogP contribution in [0.3, 0.4) is 0 Å². The molecule has 0 spiro atoms. The number of thiophene rings is 1. The third-order valence-electron chi connectivity index (χ3n) is 5.63. The summed E-state index contributed by atoms with van der Waals surface area (Å²) in [5.41, 5.74) is 4.18. The molecule has 1 aromatic carbocycles. The highest BCUT2D eigenvalue weighted by Gasteiger charge is 2.25. The van der Waals surface area contributed by atoms with Gasteiger partial charge >= 0.3 is 0 Å². The van der Waals surface area contributed by atoms with Gasteiger partial charge in [0, 0.05) is 49.2 Å². The monoisotopic (exact) mass is 408 g/mol. The standard InChI is InChI=1S/C21H28N2O2S.ClH/c1-16-19-6-12-26-21(19)5-7-23(16)14-17-3-4-20(24-2)18(13-17)15-22-8-10-25-11-9-22;/h3-4,6,12-13,16H,5,7-11,14-15H2,1-2H3;1H. The number of rotatable bonds is 5. The molecule has 0 aliphatic carbocycles. The summed E-state index contributed by atoms with van der Waals surface area (Å²) in [6.07, 6.45) is 1.17. The van der Waals surface area contributed by atoms with Crippen LogP contribution in [0.15, 0.2) is 29.6 Å². The number of benzene rings is 1. The summed E-state index contributed by atoms with van der Waals surface area (Å²) in [6.45, 7) is 9.06. The lowest BCUT2D eigenvalue weighted by Crippen LogP contribution is -2.35. The molecular formula is C21H29ClN2O2S. The minimum atomic E-state index is 0. The molecule has 0 saturated carbocycles. The van der Waals surface area contributed by atoms with Crippen LogP contribution in [0.5, 0.6) is 5.75 Å². The molecule has 2 aromatic rings. The number of halogens is 1. The van der Waals surface area contributed by atoms with Crippen molar-refractivity contribution in [3.63, 3.8) is 0 Å². The van der Waals surface area contributed by atoms with Gasteiger partial charge in [0.2, 0.25) is 0 Å². The summed E-state index contributed by atoms with van der Waals surface area (Å²) in [5.74, 6) is 0.993. The molecule has 1 aromatic heterocycles. The fraction of sp³-hybridized carbons (Fsp3) is 0.524. The SMILES string of the molecule is COc1ccc(CN2CCc3sccc3C2C)cc1CN1CCOCC1.Cl. The molecular weight excluding hydrogens is 380 g/mol. The van der Waals surface area contributed by atoms with Crippen LogP contribution in [-0.4, -0.2) is 49.8 Å². The fourth-order valence-electron chi connectivity index (χ4n) is 4.07. The van der Waals surface area contributed by atoms with Crippen LogP contribution in [-0.2, 0) is 24.2 Å². The lowest BCUT2D eigenvalue weighted by Gasteiger charge is -2.34. The van der Waals surface area contributed by atoms with Crippen LogP contribution >= 0.6 is 23.7 Å². The van der Waals surface area contributed by atoms with E-state index in [4.69, 9.17) is 9.47 Å². The van der Waals surface area contributed by atoms with Gasteiger partial charge in [0.15, 0.2) is 0 Å². The molecule has 1 saturated heterocycles. The van der Waals surface area contributed by atoms with E-state index in [1.165, 1.54) is 23.1 Å². The first-order valence-corrected chi connectivity index (χ1v) is 10.4. The predicted molar refractivity (Wildman–Crippen MR) is 113 cm³/mol. The summed E-state index contributed by atoms with van der Waals surface area (Å²) in [7, 11) is 1.77. The largest absolute Gasteiger partial charge is 0.496 e. The minimum absolute atomic E-state index is 0. The van der Waals surface area contributed by atoms with E-state index in [1.807, 2.05) is 11.3 Å². The molecule has 2 aliphatic rings. The highest BCUT2D eigenvalue weighted by atomic mass is 35.5. The van der Waals surface area contributed by atoms with Gasteiger partial charge in [-0.25, -0.2) is 0 Å². The molecule has 27 heavy (non-hydrogen) atoms. The van der Waals surface area contributed by atoms with Gasteiger partial charge in [-0.3, -0.25) is 9.80 Å². The van der Waals surface area contributed by atoms with Gasteiger partial charge in [0.25, 0.3) is 0 Å². The van der Waals surface area contributed by atoms with Crippen LogP contribution in [0.2, 0.25) is 0 Å². The van der Waals surface area contributed by atoms with Crippen molar-refractivity contribution in [2.75, 3.05) is 40.0 Å². The van der Waals surface area contributed by atoms with E-state index in [0.717, 1.165) is 51.7 Å². The molecule has 0 bridgehead atoms. The molecule has 1 unspecified atom stereocenters. The molecule has 0 radical (unpaired) electrons. The lowest BCUT2D eigenvalue weighted by atomic mass is 10.00. The van der Waals surface area contributed by atoms with Gasteiger partial charge in [0.05, 0.1) is 20.3 Å². The number of ether oxygens (including phenoxy) is 2. The number of hydrogen-bond acceptors (Lipinski definition) is 5. The highest BCUT2D eigenvalue weighted by molar-refractivity contribution is 7.10. The highest BCUT2D eigenvalue weighted by Crippen LogP contribution is 2.34. The third-order valence-corrected chi connectivity index (χ3v) is 6.63. The summed E-state index contributed by atoms with van der Waals surface area (Å²) in [5, 5.41) is 2.23. The number of fused-ring (bicyclic) bond motifs is 1. The molecule has 6 heteroatoms. The molecule has 148 valence electrons. The normalized spacial score (nSPS) is 20.7. The molecule has 0 amide bonds. The third kappa shape index (κ3) is 4.66. The van der Waals surface area contributed by atoms with Crippen molar-refractivity contribution in [3.8, 4) is 5.75 Å². The van der Waals surface area contributed by atoms with Gasteiger partial charge in [-0.2, -0.15) is 0 Å². The van der Waals surface area contributed by atoms with Gasteiger partial charge in [-0.15, -0.1) is 23.7 Å². The number of hydrogen-bond donors (Lipinski definition) is 0. The Bertz CT molecular complexity index is 746. The van der Waals surface area contributed by atoms with Crippen molar-refractivity contribution in [2.24, 2.45) is 0 Å². The van der Waals surface area contributed by atoms with Gasteiger partial charge in [0.1, 0.15) is 5.75 Å². The molecule has 1 atom stereocenters. The Labute approximate surface area is 172 Å². The molecule has 1 fully saturated rings. The summed E-state index contributed by atoms with van der Waals surface area (Å²) in [4.78, 5) is 6.61. The smallest absolute Gasteiger partial charge is 0.123 e. The molecule has 2 aliphatic heterocycles. The first-order valence-electron chi connectivity index (χ1n) is 9.51. The van der Waals surface area contributed by atoms with Gasteiger partial charge in [-0.1, -0.05) is 6.07 Å². The number of morpholine rings is 1. The van der Waals surface area contributed by atoms with E-state index in [0.29, 0.717) is 6.04 Å². The van der Waals surface area contributed by atoms with E-state index in [2.05, 4.69) is 46.4 Å². The average molecular weight is 409 g/mol. The second kappa shape index (κ2) is 9.39. The van der Waals surface area contributed by atoms with Crippen molar-refractivity contribution in [1.82, 2.24) is 9.80 Å². The predicted octanol–water partition coefficient (Wildman–Crippen LogP) is 4.13. The van der Waals surface area contributed by atoms with Crippen molar-refractivity contribution >= 4 is 23.7 Å². The zero-order valence-corrected chi connectivity index (χ0v) is 17.8. The van der Waals surface area contributed by atoms with E-state index in [9.17, 15) is 0 Å². The second-order valence-electron chi connectivity index (χ2n) is 7.23. The average Bonchev–Trinajstić information content (AvgIpc) is 3.15. The Morgan fingerprint density at radius 3 is 2.74 bits per heavy atom. The fourth-order valence-corrected chi connectivity index (χ4v) is 5.03. The zero-order chi connectivity index (χ0) is 17.9. The Balaban J connectivity index is 0.00000210. The van der Waals surface area contributed by atoms with Crippen molar-refractivity contribution in [1.29, 1.82) is 0 Å². The Hall–Kier alpha value is -1.11. The van der Waals surface area contributed by atoms with Crippen LogP contribution in [0, 0.1) is 0 Å². The van der Waals surface area contributed by atoms with Crippen molar-refractivity contribution in [2.45, 2.75) is 32.5 Å². The Morgan fingerprint density at radius 2 is 1.96 bits per heavy atom. The minimum Gasteiger partial charge on any atom is -0.496 e. The van der Waals surface area contributed by atoms with Crippen LogP contribution in [0.25, 0.3) is 0 Å². The molecule has 0 N–H and O–H groups in total. The number of methoxy groups -OCH3 is 1. The van der Waals surface area contributed by atoms with E-state index in [1.54, 1.807) is 12.0 Å². The van der Waals surface area contributed by atoms with Crippen molar-refractivity contribution in [3.05, 3.63) is 51.2 Å². The van der Waals surface area contributed by atoms with Crippen LogP contribution in [0.4, 0.5) is 0 Å². The molecule has 3 heterocycles. The maximum absolute atomic E-state index is 5.62. The number of nitrogens with zero attached hydrogens (tertiary/aromatic N) is 2. The molecule has 4 rings (SSSR count). The first-order chi connectivity index (χ1) is 12.7. The maximum Gasteiger partial charge on any atom is 0.123 e. The summed E-state index contributed by atoms with van der Waals surface area (Å²) >= 11 is 1.91. The second-order valence-corrected chi connectivity index (χ2v) is 8.23. The maximum atomic E-state index is 5.62. The van der Waals surface area contributed by atoms with Gasteiger partial charge in [-0.05, 0) is 48.1 Å². The van der Waals surface area contributed by atoms with Crippen LogP contribution < -0.4 is 4.74 Å². The zero-order valence-electron chi connectivity index (χ0n) is 16.1. The Kier molecular flexibility index (Phi) is 7.17. The summed E-state index contributed by atoms with van der Waals surface area (Å²) < 4.78 is 11.1. The topological polar surface area (TPSA) is 24.9 Å². The van der Waals surface area contributed by atoms with E-state index >= 15 is 0 Å².